The van der Waals surface area contributed by atoms with E-state index in [1.54, 1.807) is 6.92 Å². The van der Waals surface area contributed by atoms with E-state index in [4.69, 9.17) is 9.47 Å². The maximum Gasteiger partial charge on any atom is 0.350 e. The lowest BCUT2D eigenvalue weighted by molar-refractivity contribution is 0.0531. The van der Waals surface area contributed by atoms with E-state index in [0.29, 0.717) is 23.8 Å². The number of rotatable bonds is 9. The molecule has 1 heterocycles. The molecule has 0 aliphatic heterocycles. The molecule has 1 aromatic heterocycles. The average molecular weight is 362 g/mol. The van der Waals surface area contributed by atoms with Gasteiger partial charge in [0, 0.05) is 5.56 Å². The van der Waals surface area contributed by atoms with Crippen molar-refractivity contribution in [1.29, 1.82) is 0 Å². The topological polar surface area (TPSA) is 51.7 Å². The zero-order valence-electron chi connectivity index (χ0n) is 15.4. The van der Waals surface area contributed by atoms with Gasteiger partial charge in [-0.2, -0.15) is 0 Å². The number of benzene rings is 1. The Bertz CT molecular complexity index is 698. The van der Waals surface area contributed by atoms with E-state index in [-0.39, 0.29) is 5.97 Å². The van der Waals surface area contributed by atoms with E-state index < -0.39 is 0 Å². The number of aromatic nitrogens is 1. The maximum absolute atomic E-state index is 11.9. The second-order valence-electron chi connectivity index (χ2n) is 6.04. The monoisotopic (exact) mass is 362 g/mol. The molecule has 25 heavy (non-hydrogen) atoms. The number of hydrogen-bond donors (Lipinski definition) is 0. The van der Waals surface area contributed by atoms with Gasteiger partial charge in [0.05, 0.1) is 18.9 Å². The highest BCUT2D eigenvalue weighted by molar-refractivity contribution is 7.17. The van der Waals surface area contributed by atoms with Crippen molar-refractivity contribution >= 4 is 17.3 Å². The summed E-state index contributed by atoms with van der Waals surface area (Å²) < 4.78 is 10.9. The van der Waals surface area contributed by atoms with Crippen LogP contribution >= 0.6 is 11.3 Å². The molecule has 2 rings (SSSR count). The Balaban J connectivity index is 2.01. The van der Waals surface area contributed by atoms with Gasteiger partial charge in [-0.15, -0.1) is 11.3 Å². The Labute approximate surface area is 153 Å². The third kappa shape index (κ3) is 5.83. The smallest absolute Gasteiger partial charge is 0.350 e. The lowest BCUT2D eigenvalue weighted by Crippen LogP contribution is -2.13. The number of thiazole rings is 1. The van der Waals surface area contributed by atoms with E-state index in [1.807, 2.05) is 31.2 Å². The van der Waals surface area contributed by atoms with E-state index in [9.17, 15) is 4.79 Å². The molecule has 5 nitrogen and oxygen atoms in total. The van der Waals surface area contributed by atoms with Crippen molar-refractivity contribution in [3.8, 4) is 16.3 Å². The zero-order chi connectivity index (χ0) is 18.2. The maximum atomic E-state index is 11.9. The molecule has 0 N–H and O–H groups in total. The van der Waals surface area contributed by atoms with Crippen LogP contribution in [0.15, 0.2) is 24.3 Å². The molecule has 0 radical (unpaired) electrons. The first-order valence-electron chi connectivity index (χ1n) is 8.53. The summed E-state index contributed by atoms with van der Waals surface area (Å²) in [6.07, 6.45) is 2.13. The van der Waals surface area contributed by atoms with Crippen molar-refractivity contribution in [2.24, 2.45) is 0 Å². The standard InChI is InChI=1S/C19H26N2O3S/c1-5-23-19(22)17-14(2)20-18(25-17)15-9-8-10-16(13-15)24-12-7-6-11-21(3)4/h8-10,13H,5-7,11-12H2,1-4H3. The molecule has 6 heteroatoms. The molecule has 0 atom stereocenters. The van der Waals surface area contributed by atoms with E-state index >= 15 is 0 Å². The Hall–Kier alpha value is -1.92. The fourth-order valence-corrected chi connectivity index (χ4v) is 3.30. The number of esters is 1. The van der Waals surface area contributed by atoms with Crippen molar-refractivity contribution in [2.75, 3.05) is 33.9 Å². The SMILES string of the molecule is CCOC(=O)c1sc(-c2cccc(OCCCCN(C)C)c2)nc1C. The van der Waals surface area contributed by atoms with Gasteiger partial charge in [0.1, 0.15) is 15.6 Å². The van der Waals surface area contributed by atoms with E-state index in [2.05, 4.69) is 24.0 Å². The number of unbranched alkanes of at least 4 members (excludes halogenated alkanes) is 1. The second-order valence-corrected chi connectivity index (χ2v) is 7.04. The Morgan fingerprint density at radius 3 is 2.80 bits per heavy atom. The van der Waals surface area contributed by atoms with Crippen LogP contribution in [0.4, 0.5) is 0 Å². The van der Waals surface area contributed by atoms with Crippen LogP contribution in [0.25, 0.3) is 10.6 Å². The summed E-state index contributed by atoms with van der Waals surface area (Å²) in [5.41, 5.74) is 1.66. The van der Waals surface area contributed by atoms with Crippen LogP contribution < -0.4 is 4.74 Å². The minimum Gasteiger partial charge on any atom is -0.494 e. The molecular weight excluding hydrogens is 336 g/mol. The molecular formula is C19H26N2O3S. The van der Waals surface area contributed by atoms with Crippen LogP contribution in [0.3, 0.4) is 0 Å². The zero-order valence-corrected chi connectivity index (χ0v) is 16.2. The lowest BCUT2D eigenvalue weighted by atomic mass is 10.2. The predicted molar refractivity (Wildman–Crippen MR) is 102 cm³/mol. The average Bonchev–Trinajstić information content (AvgIpc) is 2.97. The summed E-state index contributed by atoms with van der Waals surface area (Å²) in [7, 11) is 4.15. The van der Waals surface area contributed by atoms with Gasteiger partial charge in [-0.1, -0.05) is 12.1 Å². The normalized spacial score (nSPS) is 10.9. The summed E-state index contributed by atoms with van der Waals surface area (Å²) in [5, 5.41) is 0.804. The number of ether oxygens (including phenoxy) is 2. The van der Waals surface area contributed by atoms with Crippen molar-refractivity contribution in [2.45, 2.75) is 26.7 Å². The van der Waals surface area contributed by atoms with Gasteiger partial charge in [0.15, 0.2) is 0 Å². The first-order valence-corrected chi connectivity index (χ1v) is 9.35. The molecule has 0 saturated carbocycles. The van der Waals surface area contributed by atoms with Crippen LogP contribution in [-0.2, 0) is 4.74 Å². The van der Waals surface area contributed by atoms with Gasteiger partial charge in [0.25, 0.3) is 0 Å². The fraction of sp³-hybridized carbons (Fsp3) is 0.474. The largest absolute Gasteiger partial charge is 0.494 e. The molecule has 1 aromatic carbocycles. The van der Waals surface area contributed by atoms with Crippen LogP contribution in [-0.4, -0.2) is 49.7 Å². The second kappa shape index (κ2) is 9.53. The Morgan fingerprint density at radius 1 is 1.28 bits per heavy atom. The third-order valence-corrected chi connectivity index (χ3v) is 4.79. The minimum absolute atomic E-state index is 0.308. The number of nitrogens with zero attached hydrogens (tertiary/aromatic N) is 2. The van der Waals surface area contributed by atoms with Gasteiger partial charge >= 0.3 is 5.97 Å². The molecule has 0 fully saturated rings. The summed E-state index contributed by atoms with van der Waals surface area (Å²) >= 11 is 1.36. The first-order chi connectivity index (χ1) is 12.0. The molecule has 0 amide bonds. The van der Waals surface area contributed by atoms with Crippen molar-refractivity contribution in [1.82, 2.24) is 9.88 Å². The van der Waals surface area contributed by atoms with Gasteiger partial charge in [-0.3, -0.25) is 0 Å². The van der Waals surface area contributed by atoms with Crippen LogP contribution in [0, 0.1) is 6.92 Å². The molecule has 0 saturated heterocycles. The fourth-order valence-electron chi connectivity index (χ4n) is 2.34. The van der Waals surface area contributed by atoms with Gasteiger partial charge in [-0.05, 0) is 59.5 Å². The number of carbonyl (C=O) groups is 1. The molecule has 0 aliphatic carbocycles. The van der Waals surface area contributed by atoms with Crippen molar-refractivity contribution in [3.63, 3.8) is 0 Å². The number of aryl methyl sites for hydroxylation is 1. The first kappa shape index (κ1) is 19.4. The van der Waals surface area contributed by atoms with Crippen LogP contribution in [0.2, 0.25) is 0 Å². The molecule has 136 valence electrons. The third-order valence-electron chi connectivity index (χ3n) is 3.61. The van der Waals surface area contributed by atoms with Crippen LogP contribution in [0.5, 0.6) is 5.75 Å². The highest BCUT2D eigenvalue weighted by Gasteiger charge is 2.17. The molecule has 0 aliphatic rings. The summed E-state index contributed by atoms with van der Waals surface area (Å²) in [4.78, 5) is 19.2. The summed E-state index contributed by atoms with van der Waals surface area (Å²) in [6.45, 7) is 5.76. The van der Waals surface area contributed by atoms with Crippen molar-refractivity contribution < 1.29 is 14.3 Å². The van der Waals surface area contributed by atoms with Gasteiger partial charge in [-0.25, -0.2) is 9.78 Å². The molecule has 0 spiro atoms. The Morgan fingerprint density at radius 2 is 2.08 bits per heavy atom. The molecule has 2 aromatic rings. The Kier molecular flexibility index (Phi) is 7.40. The number of hydrogen-bond acceptors (Lipinski definition) is 6. The lowest BCUT2D eigenvalue weighted by Gasteiger charge is -2.10. The summed E-state index contributed by atoms with van der Waals surface area (Å²) in [5.74, 6) is 0.518. The predicted octanol–water partition coefficient (Wildman–Crippen LogP) is 4.02. The van der Waals surface area contributed by atoms with Gasteiger partial charge in [0.2, 0.25) is 0 Å². The van der Waals surface area contributed by atoms with Crippen LogP contribution in [0.1, 0.15) is 35.1 Å². The minimum atomic E-state index is -0.308. The van der Waals surface area contributed by atoms with E-state index in [1.165, 1.54) is 11.3 Å². The molecule has 0 unspecified atom stereocenters. The summed E-state index contributed by atoms with van der Waals surface area (Å²) in [6, 6.07) is 7.85. The van der Waals surface area contributed by atoms with Crippen molar-refractivity contribution in [3.05, 3.63) is 34.8 Å². The molecule has 0 bridgehead atoms. The number of carbonyl (C=O) groups excluding carboxylic acids is 1. The quantitative estimate of drug-likeness (QED) is 0.498. The highest BCUT2D eigenvalue weighted by atomic mass is 32.1. The van der Waals surface area contributed by atoms with Gasteiger partial charge < -0.3 is 14.4 Å². The highest BCUT2D eigenvalue weighted by Crippen LogP contribution is 2.30. The van der Waals surface area contributed by atoms with E-state index in [0.717, 1.165) is 35.7 Å².